The number of hydrogen-bond acceptors (Lipinski definition) is 4. The number of nitrogens with zero attached hydrogens (tertiary/aromatic N) is 1. The van der Waals surface area contributed by atoms with Crippen LogP contribution in [-0.2, 0) is 0 Å². The number of nitro benzene ring substituents is 1. The summed E-state index contributed by atoms with van der Waals surface area (Å²) in [5.74, 6) is 0.131. The highest BCUT2D eigenvalue weighted by atomic mass is 35.5. The predicted molar refractivity (Wildman–Crippen MR) is 78.7 cm³/mol. The van der Waals surface area contributed by atoms with Crippen LogP contribution in [0.5, 0.6) is 5.75 Å². The average Bonchev–Trinajstić information content (AvgIpc) is 2.49. The molecule has 0 aliphatic heterocycles. The Labute approximate surface area is 128 Å². The van der Waals surface area contributed by atoms with E-state index in [4.69, 9.17) is 16.3 Å². The van der Waals surface area contributed by atoms with E-state index in [0.717, 1.165) is 25.7 Å². The van der Waals surface area contributed by atoms with E-state index in [9.17, 15) is 15.2 Å². The fraction of sp³-hybridized carbons (Fsp3) is 0.600. The fourth-order valence-electron chi connectivity index (χ4n) is 3.66. The molecule has 2 aliphatic carbocycles. The zero-order valence-corrected chi connectivity index (χ0v) is 12.4. The molecule has 2 unspecified atom stereocenters. The molecule has 5 nitrogen and oxygen atoms in total. The zero-order chi connectivity index (χ0) is 15.0. The number of ether oxygens (including phenoxy) is 1. The highest BCUT2D eigenvalue weighted by Crippen LogP contribution is 2.54. The maximum atomic E-state index is 11.1. The van der Waals surface area contributed by atoms with Gasteiger partial charge >= 0.3 is 5.69 Å². The van der Waals surface area contributed by atoms with Gasteiger partial charge in [0.1, 0.15) is 6.10 Å². The normalized spacial score (nSPS) is 27.1. The molecule has 1 aromatic carbocycles. The van der Waals surface area contributed by atoms with Crippen molar-refractivity contribution < 1.29 is 14.8 Å². The molecule has 2 aliphatic rings. The molecule has 2 atom stereocenters. The predicted octanol–water partition coefficient (Wildman–Crippen LogP) is 3.71. The van der Waals surface area contributed by atoms with Gasteiger partial charge in [0.05, 0.1) is 16.0 Å². The van der Waals surface area contributed by atoms with E-state index in [1.165, 1.54) is 12.5 Å². The van der Waals surface area contributed by atoms with E-state index < -0.39 is 4.92 Å². The Morgan fingerprint density at radius 1 is 1.33 bits per heavy atom. The van der Waals surface area contributed by atoms with Crippen LogP contribution in [0.15, 0.2) is 18.2 Å². The quantitative estimate of drug-likeness (QED) is 0.682. The number of aliphatic hydroxyl groups is 1. The van der Waals surface area contributed by atoms with Gasteiger partial charge in [0.2, 0.25) is 5.75 Å². The Balaban J connectivity index is 1.86. The number of benzene rings is 1. The van der Waals surface area contributed by atoms with Gasteiger partial charge in [-0.2, -0.15) is 0 Å². The Morgan fingerprint density at radius 3 is 2.67 bits per heavy atom. The van der Waals surface area contributed by atoms with Crippen molar-refractivity contribution in [2.45, 2.75) is 50.7 Å². The van der Waals surface area contributed by atoms with Crippen LogP contribution in [0.3, 0.4) is 0 Å². The number of para-hydroxylation sites is 1. The molecule has 6 heteroatoms. The van der Waals surface area contributed by atoms with Crippen molar-refractivity contribution in [2.24, 2.45) is 5.41 Å². The van der Waals surface area contributed by atoms with Gasteiger partial charge in [-0.25, -0.2) is 0 Å². The van der Waals surface area contributed by atoms with E-state index in [1.54, 1.807) is 12.1 Å². The summed E-state index contributed by atoms with van der Waals surface area (Å²) in [6, 6.07) is 4.52. The second kappa shape index (κ2) is 5.46. The van der Waals surface area contributed by atoms with E-state index in [-0.39, 0.29) is 34.1 Å². The minimum absolute atomic E-state index is 0.116. The zero-order valence-electron chi connectivity index (χ0n) is 11.6. The molecule has 1 N–H and O–H groups in total. The van der Waals surface area contributed by atoms with Gasteiger partial charge in [0, 0.05) is 17.9 Å². The van der Waals surface area contributed by atoms with Crippen LogP contribution in [0, 0.1) is 15.5 Å². The lowest BCUT2D eigenvalue weighted by Gasteiger charge is -2.54. The van der Waals surface area contributed by atoms with Crippen LogP contribution in [0.4, 0.5) is 5.69 Å². The lowest BCUT2D eigenvalue weighted by Crippen LogP contribution is -2.60. The van der Waals surface area contributed by atoms with Gasteiger partial charge in [-0.1, -0.05) is 36.9 Å². The first-order chi connectivity index (χ1) is 10.0. The SMILES string of the molecule is O=[N+]([O-])c1cccc(Cl)c1OC1CC(O)C12CCCCC2. The molecule has 1 aromatic rings. The third-order valence-electron chi connectivity index (χ3n) is 4.93. The van der Waals surface area contributed by atoms with Crippen LogP contribution >= 0.6 is 11.6 Å². The van der Waals surface area contributed by atoms with Crippen LogP contribution in [-0.4, -0.2) is 22.2 Å². The number of aliphatic hydroxyl groups excluding tert-OH is 1. The molecule has 114 valence electrons. The van der Waals surface area contributed by atoms with Crippen LogP contribution in [0.1, 0.15) is 38.5 Å². The fourth-order valence-corrected chi connectivity index (χ4v) is 3.87. The van der Waals surface area contributed by atoms with Crippen LogP contribution in [0.2, 0.25) is 5.02 Å². The summed E-state index contributed by atoms with van der Waals surface area (Å²) in [4.78, 5) is 10.6. The van der Waals surface area contributed by atoms with E-state index in [2.05, 4.69) is 0 Å². The third kappa shape index (κ3) is 2.38. The van der Waals surface area contributed by atoms with Crippen molar-refractivity contribution in [3.05, 3.63) is 33.3 Å². The Morgan fingerprint density at radius 2 is 2.05 bits per heavy atom. The third-order valence-corrected chi connectivity index (χ3v) is 5.23. The Hall–Kier alpha value is -1.33. The molecule has 1 spiro atoms. The molecule has 0 saturated heterocycles. The lowest BCUT2D eigenvalue weighted by atomic mass is 9.56. The maximum Gasteiger partial charge on any atom is 0.312 e. The molecule has 2 fully saturated rings. The van der Waals surface area contributed by atoms with Crippen molar-refractivity contribution in [1.29, 1.82) is 0 Å². The molecular weight excluding hydrogens is 294 g/mol. The van der Waals surface area contributed by atoms with Crippen LogP contribution in [0.25, 0.3) is 0 Å². The maximum absolute atomic E-state index is 11.1. The highest BCUT2D eigenvalue weighted by Gasteiger charge is 2.56. The van der Waals surface area contributed by atoms with Gasteiger partial charge in [-0.15, -0.1) is 0 Å². The van der Waals surface area contributed by atoms with Crippen LogP contribution < -0.4 is 4.74 Å². The van der Waals surface area contributed by atoms with Gasteiger partial charge in [-0.05, 0) is 18.9 Å². The second-order valence-electron chi connectivity index (χ2n) is 6.00. The summed E-state index contributed by atoms with van der Waals surface area (Å²) in [7, 11) is 0. The first-order valence-electron chi connectivity index (χ1n) is 7.32. The highest BCUT2D eigenvalue weighted by molar-refractivity contribution is 6.32. The van der Waals surface area contributed by atoms with Crippen molar-refractivity contribution in [2.75, 3.05) is 0 Å². The Kier molecular flexibility index (Phi) is 3.80. The summed E-state index contributed by atoms with van der Waals surface area (Å²) >= 11 is 6.07. The smallest absolute Gasteiger partial charge is 0.312 e. The van der Waals surface area contributed by atoms with Crippen molar-refractivity contribution >= 4 is 17.3 Å². The van der Waals surface area contributed by atoms with Gasteiger partial charge in [0.25, 0.3) is 0 Å². The molecular formula is C15H18ClNO4. The van der Waals surface area contributed by atoms with Gasteiger partial charge in [0.15, 0.2) is 0 Å². The number of rotatable bonds is 3. The minimum atomic E-state index is -0.482. The summed E-state index contributed by atoms with van der Waals surface area (Å²) in [6.07, 6.45) is 5.10. The molecule has 0 heterocycles. The van der Waals surface area contributed by atoms with Gasteiger partial charge in [-0.3, -0.25) is 10.1 Å². The van der Waals surface area contributed by atoms with Gasteiger partial charge < -0.3 is 9.84 Å². The lowest BCUT2D eigenvalue weighted by molar-refractivity contribution is -0.386. The van der Waals surface area contributed by atoms with E-state index in [1.807, 2.05) is 0 Å². The average molecular weight is 312 g/mol. The summed E-state index contributed by atoms with van der Waals surface area (Å²) in [5.41, 5.74) is -0.361. The minimum Gasteiger partial charge on any atom is -0.482 e. The summed E-state index contributed by atoms with van der Waals surface area (Å²) in [5, 5.41) is 21.5. The van der Waals surface area contributed by atoms with Crippen molar-refractivity contribution in [3.8, 4) is 5.75 Å². The Bertz CT molecular complexity index is 557. The molecule has 0 radical (unpaired) electrons. The van der Waals surface area contributed by atoms with Crippen molar-refractivity contribution in [3.63, 3.8) is 0 Å². The second-order valence-corrected chi connectivity index (χ2v) is 6.40. The monoisotopic (exact) mass is 311 g/mol. The topological polar surface area (TPSA) is 72.6 Å². The van der Waals surface area contributed by atoms with E-state index in [0.29, 0.717) is 6.42 Å². The largest absolute Gasteiger partial charge is 0.482 e. The van der Waals surface area contributed by atoms with E-state index >= 15 is 0 Å². The molecule has 3 rings (SSSR count). The molecule has 2 saturated carbocycles. The summed E-state index contributed by atoms with van der Waals surface area (Å²) < 4.78 is 5.90. The van der Waals surface area contributed by atoms with Crippen molar-refractivity contribution in [1.82, 2.24) is 0 Å². The number of halogens is 1. The number of hydrogen-bond donors (Lipinski definition) is 1. The first kappa shape index (κ1) is 14.6. The molecule has 0 aromatic heterocycles. The standard InChI is InChI=1S/C15H18ClNO4/c16-10-5-4-6-11(17(19)20)14(10)21-13-9-12(18)15(13)7-2-1-3-8-15/h4-6,12-13,18H,1-3,7-9H2. The molecule has 0 bridgehead atoms. The number of nitro groups is 1. The first-order valence-corrected chi connectivity index (χ1v) is 7.70. The molecule has 0 amide bonds. The summed E-state index contributed by atoms with van der Waals surface area (Å²) in [6.45, 7) is 0. The molecule has 21 heavy (non-hydrogen) atoms.